The Bertz CT molecular complexity index is 767. The maximum absolute atomic E-state index is 9.47. The Balaban J connectivity index is 1.99. The Morgan fingerprint density at radius 1 is 1.35 bits per heavy atom. The number of aromatic nitrogens is 1. The number of nitrogens with zero attached hydrogens (tertiary/aromatic N) is 3. The first-order chi connectivity index (χ1) is 11.0. The second kappa shape index (κ2) is 6.17. The zero-order valence-corrected chi connectivity index (χ0v) is 14.3. The van der Waals surface area contributed by atoms with Gasteiger partial charge in [-0.15, -0.1) is 0 Å². The molecule has 1 heterocycles. The number of rotatable bonds is 5. The molecule has 1 aromatic heterocycles. The molecule has 3 rings (SSSR count). The summed E-state index contributed by atoms with van der Waals surface area (Å²) in [6.45, 7) is 5.02. The standard InChI is InChI=1S/C19H24N4/c1-12-7-13(2)18-16(8-12)19(15(9-20)10-21-18)22-11-17(23(3)4)14-5-6-14/h7-8,10,14,17H,5-6,11H2,1-4H3,(H,21,22). The average Bonchev–Trinajstić information content (AvgIpc) is 3.31. The molecule has 0 bridgehead atoms. The van der Waals surface area contributed by atoms with Crippen LogP contribution in [0.25, 0.3) is 10.9 Å². The highest BCUT2D eigenvalue weighted by molar-refractivity contribution is 5.96. The molecule has 1 aliphatic carbocycles. The number of anilines is 1. The fourth-order valence-corrected chi connectivity index (χ4v) is 3.39. The Hall–Kier alpha value is -2.12. The molecule has 1 unspecified atom stereocenters. The third-order valence-corrected chi connectivity index (χ3v) is 4.74. The van der Waals surface area contributed by atoms with E-state index in [1.807, 2.05) is 0 Å². The molecule has 4 nitrogen and oxygen atoms in total. The molecular weight excluding hydrogens is 284 g/mol. The summed E-state index contributed by atoms with van der Waals surface area (Å²) in [6, 6.07) is 7.06. The van der Waals surface area contributed by atoms with Gasteiger partial charge in [0, 0.05) is 24.2 Å². The first-order valence-electron chi connectivity index (χ1n) is 8.21. The van der Waals surface area contributed by atoms with Crippen LogP contribution < -0.4 is 5.32 Å². The summed E-state index contributed by atoms with van der Waals surface area (Å²) in [5.41, 5.74) is 4.87. The van der Waals surface area contributed by atoms with Gasteiger partial charge in [-0.2, -0.15) is 5.26 Å². The van der Waals surface area contributed by atoms with E-state index in [4.69, 9.17) is 0 Å². The van der Waals surface area contributed by atoms with Crippen LogP contribution in [0.15, 0.2) is 18.3 Å². The number of aryl methyl sites for hydroxylation is 2. The first kappa shape index (κ1) is 15.8. The zero-order chi connectivity index (χ0) is 16.6. The highest BCUT2D eigenvalue weighted by Crippen LogP contribution is 2.35. The highest BCUT2D eigenvalue weighted by atomic mass is 15.1. The summed E-state index contributed by atoms with van der Waals surface area (Å²) in [5.74, 6) is 0.777. The van der Waals surface area contributed by atoms with Crippen LogP contribution in [0.2, 0.25) is 0 Å². The minimum atomic E-state index is 0.510. The van der Waals surface area contributed by atoms with E-state index < -0.39 is 0 Å². The van der Waals surface area contributed by atoms with Crippen LogP contribution in [0.3, 0.4) is 0 Å². The predicted molar refractivity (Wildman–Crippen MR) is 94.6 cm³/mol. The lowest BCUT2D eigenvalue weighted by Crippen LogP contribution is -2.36. The van der Waals surface area contributed by atoms with Crippen molar-refractivity contribution in [2.75, 3.05) is 26.0 Å². The van der Waals surface area contributed by atoms with Crippen molar-refractivity contribution in [2.45, 2.75) is 32.7 Å². The van der Waals surface area contributed by atoms with E-state index in [9.17, 15) is 5.26 Å². The van der Waals surface area contributed by atoms with Crippen molar-refractivity contribution in [2.24, 2.45) is 5.92 Å². The van der Waals surface area contributed by atoms with E-state index in [1.54, 1.807) is 6.20 Å². The van der Waals surface area contributed by atoms with E-state index in [-0.39, 0.29) is 0 Å². The van der Waals surface area contributed by atoms with Gasteiger partial charge in [0.15, 0.2) is 0 Å². The molecule has 1 aromatic carbocycles. The molecule has 1 N–H and O–H groups in total. The van der Waals surface area contributed by atoms with Crippen LogP contribution in [0.4, 0.5) is 5.69 Å². The SMILES string of the molecule is Cc1cc(C)c2ncc(C#N)c(NCC(C3CC3)N(C)C)c2c1. The summed E-state index contributed by atoms with van der Waals surface area (Å²) < 4.78 is 0. The van der Waals surface area contributed by atoms with Gasteiger partial charge in [-0.25, -0.2) is 0 Å². The maximum Gasteiger partial charge on any atom is 0.103 e. The summed E-state index contributed by atoms with van der Waals surface area (Å²) in [7, 11) is 4.27. The fraction of sp³-hybridized carbons (Fsp3) is 0.474. The Morgan fingerprint density at radius 2 is 2.09 bits per heavy atom. The van der Waals surface area contributed by atoms with E-state index in [0.717, 1.165) is 34.6 Å². The number of hydrogen-bond acceptors (Lipinski definition) is 4. The van der Waals surface area contributed by atoms with Gasteiger partial charge in [0.1, 0.15) is 6.07 Å². The molecule has 1 atom stereocenters. The molecule has 0 amide bonds. The normalized spacial score (nSPS) is 15.7. The zero-order valence-electron chi connectivity index (χ0n) is 14.3. The topological polar surface area (TPSA) is 52.0 Å². The van der Waals surface area contributed by atoms with E-state index >= 15 is 0 Å². The Morgan fingerprint density at radius 3 is 2.70 bits per heavy atom. The van der Waals surface area contributed by atoms with Gasteiger partial charge in [-0.1, -0.05) is 11.6 Å². The van der Waals surface area contributed by atoms with Crippen molar-refractivity contribution in [1.29, 1.82) is 5.26 Å². The number of pyridine rings is 1. The lowest BCUT2D eigenvalue weighted by Gasteiger charge is -2.25. The second-order valence-electron chi connectivity index (χ2n) is 6.89. The van der Waals surface area contributed by atoms with Crippen molar-refractivity contribution < 1.29 is 0 Å². The van der Waals surface area contributed by atoms with Crippen molar-refractivity contribution in [1.82, 2.24) is 9.88 Å². The van der Waals surface area contributed by atoms with Crippen LogP contribution in [-0.4, -0.2) is 36.6 Å². The van der Waals surface area contributed by atoms with E-state index in [1.165, 1.54) is 18.4 Å². The number of nitrogens with one attached hydrogen (secondary N) is 1. The lowest BCUT2D eigenvalue weighted by atomic mass is 10.0. The number of fused-ring (bicyclic) bond motifs is 1. The fourth-order valence-electron chi connectivity index (χ4n) is 3.39. The van der Waals surface area contributed by atoms with Crippen LogP contribution in [0.1, 0.15) is 29.5 Å². The predicted octanol–water partition coefficient (Wildman–Crippen LogP) is 3.48. The minimum absolute atomic E-state index is 0.510. The number of nitriles is 1. The van der Waals surface area contributed by atoms with Gasteiger partial charge < -0.3 is 10.2 Å². The van der Waals surface area contributed by atoms with Crippen LogP contribution >= 0.6 is 0 Å². The lowest BCUT2D eigenvalue weighted by molar-refractivity contribution is 0.276. The number of benzene rings is 1. The smallest absolute Gasteiger partial charge is 0.103 e. The van der Waals surface area contributed by atoms with Gasteiger partial charge in [0.2, 0.25) is 0 Å². The third kappa shape index (κ3) is 3.16. The monoisotopic (exact) mass is 308 g/mol. The van der Waals surface area contributed by atoms with Crippen molar-refractivity contribution in [3.63, 3.8) is 0 Å². The van der Waals surface area contributed by atoms with Crippen LogP contribution in [0, 0.1) is 31.1 Å². The molecule has 120 valence electrons. The second-order valence-corrected chi connectivity index (χ2v) is 6.89. The number of likely N-dealkylation sites (N-methyl/N-ethyl adjacent to an activating group) is 1. The summed E-state index contributed by atoms with van der Waals surface area (Å²) in [4.78, 5) is 6.78. The van der Waals surface area contributed by atoms with Crippen molar-refractivity contribution >= 4 is 16.6 Å². The summed E-state index contributed by atoms with van der Waals surface area (Å²) in [6.07, 6.45) is 4.31. The Labute approximate surface area is 138 Å². The average molecular weight is 308 g/mol. The van der Waals surface area contributed by atoms with Gasteiger partial charge in [0.25, 0.3) is 0 Å². The molecule has 2 aromatic rings. The maximum atomic E-state index is 9.47. The van der Waals surface area contributed by atoms with Gasteiger partial charge in [-0.3, -0.25) is 4.98 Å². The third-order valence-electron chi connectivity index (χ3n) is 4.74. The van der Waals surface area contributed by atoms with E-state index in [0.29, 0.717) is 11.6 Å². The van der Waals surface area contributed by atoms with Crippen molar-refractivity contribution in [3.05, 3.63) is 35.0 Å². The Kier molecular flexibility index (Phi) is 4.23. The van der Waals surface area contributed by atoms with Gasteiger partial charge in [0.05, 0.1) is 16.8 Å². The molecule has 23 heavy (non-hydrogen) atoms. The molecular formula is C19H24N4. The van der Waals surface area contributed by atoms with Crippen LogP contribution in [-0.2, 0) is 0 Å². The summed E-state index contributed by atoms with van der Waals surface area (Å²) >= 11 is 0. The molecule has 4 heteroatoms. The molecule has 0 saturated heterocycles. The molecule has 1 aliphatic rings. The molecule has 0 radical (unpaired) electrons. The van der Waals surface area contributed by atoms with Gasteiger partial charge in [-0.05, 0) is 58.3 Å². The quantitative estimate of drug-likeness (QED) is 0.919. The molecule has 0 spiro atoms. The van der Waals surface area contributed by atoms with E-state index in [2.05, 4.69) is 61.3 Å². The highest BCUT2D eigenvalue weighted by Gasteiger charge is 2.32. The van der Waals surface area contributed by atoms with Crippen LogP contribution in [0.5, 0.6) is 0 Å². The first-order valence-corrected chi connectivity index (χ1v) is 8.21. The molecule has 1 fully saturated rings. The largest absolute Gasteiger partial charge is 0.382 e. The van der Waals surface area contributed by atoms with Crippen molar-refractivity contribution in [3.8, 4) is 6.07 Å². The number of hydrogen-bond donors (Lipinski definition) is 1. The molecule has 0 aliphatic heterocycles. The molecule has 1 saturated carbocycles. The minimum Gasteiger partial charge on any atom is -0.382 e. The summed E-state index contributed by atoms with van der Waals surface area (Å²) in [5, 5.41) is 14.1. The van der Waals surface area contributed by atoms with Gasteiger partial charge >= 0.3 is 0 Å².